The molecule has 6 heteroatoms. The third kappa shape index (κ3) is 4.33. The Morgan fingerprint density at radius 2 is 1.76 bits per heavy atom. The summed E-state index contributed by atoms with van der Waals surface area (Å²) in [5.41, 5.74) is 2.26. The minimum Gasteiger partial charge on any atom is -0.454 e. The van der Waals surface area contributed by atoms with Crippen LogP contribution in [0.25, 0.3) is 0 Å². The normalized spacial score (nSPS) is 20.9. The van der Waals surface area contributed by atoms with E-state index < -0.39 is 0 Å². The Kier molecular flexibility index (Phi) is 5.54. The summed E-state index contributed by atoms with van der Waals surface area (Å²) < 4.78 is 17.1. The van der Waals surface area contributed by atoms with Gasteiger partial charge in [0.05, 0.1) is 18.4 Å². The molecule has 0 atom stereocenters. The Morgan fingerprint density at radius 1 is 0.931 bits per heavy atom. The van der Waals surface area contributed by atoms with Crippen molar-refractivity contribution >= 4 is 5.69 Å². The van der Waals surface area contributed by atoms with Gasteiger partial charge in [-0.3, -0.25) is 4.98 Å². The van der Waals surface area contributed by atoms with E-state index in [9.17, 15) is 0 Å². The second-order valence-corrected chi connectivity index (χ2v) is 8.12. The second kappa shape index (κ2) is 8.59. The van der Waals surface area contributed by atoms with Crippen LogP contribution in [0.1, 0.15) is 31.4 Å². The summed E-state index contributed by atoms with van der Waals surface area (Å²) in [5, 5.41) is 0. The van der Waals surface area contributed by atoms with Crippen molar-refractivity contribution in [3.05, 3.63) is 48.3 Å². The smallest absolute Gasteiger partial charge is 0.231 e. The SMILES string of the molecule is c1ccc(COC2CCN(C3CCN(c4ccc5c(c4)OCO5)CC3)CC2)nc1. The van der Waals surface area contributed by atoms with Crippen molar-refractivity contribution in [2.75, 3.05) is 37.9 Å². The zero-order chi connectivity index (χ0) is 19.5. The molecule has 0 saturated carbocycles. The monoisotopic (exact) mass is 395 g/mol. The van der Waals surface area contributed by atoms with Crippen LogP contribution in [0.4, 0.5) is 5.69 Å². The van der Waals surface area contributed by atoms with Gasteiger partial charge in [0.15, 0.2) is 11.5 Å². The number of piperidine rings is 2. The zero-order valence-electron chi connectivity index (χ0n) is 16.8. The van der Waals surface area contributed by atoms with Gasteiger partial charge in [-0.25, -0.2) is 0 Å². The molecule has 5 rings (SSSR count). The Labute approximate surface area is 172 Å². The molecule has 2 fully saturated rings. The van der Waals surface area contributed by atoms with Crippen LogP contribution in [0, 0.1) is 0 Å². The summed E-state index contributed by atoms with van der Waals surface area (Å²) in [4.78, 5) is 9.50. The number of fused-ring (bicyclic) bond motifs is 1. The van der Waals surface area contributed by atoms with Gasteiger partial charge in [0.2, 0.25) is 6.79 Å². The van der Waals surface area contributed by atoms with Crippen LogP contribution >= 0.6 is 0 Å². The topological polar surface area (TPSA) is 47.1 Å². The van der Waals surface area contributed by atoms with E-state index in [1.165, 1.54) is 18.5 Å². The first-order chi connectivity index (χ1) is 14.3. The molecule has 0 N–H and O–H groups in total. The quantitative estimate of drug-likeness (QED) is 0.773. The maximum atomic E-state index is 6.10. The lowest BCUT2D eigenvalue weighted by atomic mass is 9.98. The first kappa shape index (κ1) is 18.7. The number of rotatable bonds is 5. The molecule has 0 amide bonds. The third-order valence-corrected chi connectivity index (χ3v) is 6.37. The van der Waals surface area contributed by atoms with Crippen molar-refractivity contribution in [2.24, 2.45) is 0 Å². The number of ether oxygens (including phenoxy) is 3. The van der Waals surface area contributed by atoms with Gasteiger partial charge in [-0.2, -0.15) is 0 Å². The molecule has 6 nitrogen and oxygen atoms in total. The summed E-state index contributed by atoms with van der Waals surface area (Å²) in [6.07, 6.45) is 6.87. The van der Waals surface area contributed by atoms with Crippen LogP contribution in [0.15, 0.2) is 42.6 Å². The van der Waals surface area contributed by atoms with E-state index in [1.807, 2.05) is 30.5 Å². The fraction of sp³-hybridized carbons (Fsp3) is 0.522. The molecule has 4 heterocycles. The molecule has 29 heavy (non-hydrogen) atoms. The highest BCUT2D eigenvalue weighted by molar-refractivity contribution is 5.57. The van der Waals surface area contributed by atoms with E-state index in [4.69, 9.17) is 14.2 Å². The number of hydrogen-bond donors (Lipinski definition) is 0. The van der Waals surface area contributed by atoms with Gasteiger partial charge in [-0.1, -0.05) is 6.07 Å². The maximum Gasteiger partial charge on any atom is 0.231 e. The highest BCUT2D eigenvalue weighted by atomic mass is 16.7. The summed E-state index contributed by atoms with van der Waals surface area (Å²) in [5.74, 6) is 1.73. The average molecular weight is 396 g/mol. The molecule has 1 aromatic heterocycles. The van der Waals surface area contributed by atoms with Gasteiger partial charge in [0, 0.05) is 50.2 Å². The predicted octanol–water partition coefficient (Wildman–Crippen LogP) is 3.46. The van der Waals surface area contributed by atoms with Crippen molar-refractivity contribution in [1.82, 2.24) is 9.88 Å². The van der Waals surface area contributed by atoms with Crippen molar-refractivity contribution in [2.45, 2.75) is 44.4 Å². The van der Waals surface area contributed by atoms with Gasteiger partial charge in [0.25, 0.3) is 0 Å². The second-order valence-electron chi connectivity index (χ2n) is 8.12. The molecule has 0 bridgehead atoms. The molecule has 0 unspecified atom stereocenters. The van der Waals surface area contributed by atoms with Crippen molar-refractivity contribution in [3.8, 4) is 11.5 Å². The largest absolute Gasteiger partial charge is 0.454 e. The fourth-order valence-electron chi connectivity index (χ4n) is 4.67. The van der Waals surface area contributed by atoms with E-state index in [2.05, 4.69) is 26.9 Å². The van der Waals surface area contributed by atoms with Crippen LogP contribution in [0.3, 0.4) is 0 Å². The Hall–Kier alpha value is -2.31. The number of aromatic nitrogens is 1. The van der Waals surface area contributed by atoms with Crippen LogP contribution in [-0.2, 0) is 11.3 Å². The molecule has 154 valence electrons. The average Bonchev–Trinajstić information content (AvgIpc) is 3.27. The summed E-state index contributed by atoms with van der Waals surface area (Å²) >= 11 is 0. The molecule has 0 radical (unpaired) electrons. The van der Waals surface area contributed by atoms with E-state index in [-0.39, 0.29) is 0 Å². The summed E-state index contributed by atoms with van der Waals surface area (Å²) in [6.45, 7) is 5.44. The number of benzene rings is 1. The lowest BCUT2D eigenvalue weighted by Crippen LogP contribution is -2.48. The summed E-state index contributed by atoms with van der Waals surface area (Å²) in [7, 11) is 0. The van der Waals surface area contributed by atoms with E-state index >= 15 is 0 Å². The highest BCUT2D eigenvalue weighted by Crippen LogP contribution is 2.36. The molecule has 1 aromatic carbocycles. The minimum atomic E-state index is 0.336. The third-order valence-electron chi connectivity index (χ3n) is 6.37. The maximum absolute atomic E-state index is 6.10. The van der Waals surface area contributed by atoms with Gasteiger partial charge in [-0.15, -0.1) is 0 Å². The Balaban J connectivity index is 1.07. The number of nitrogens with zero attached hydrogens (tertiary/aromatic N) is 3. The Bertz CT molecular complexity index is 800. The van der Waals surface area contributed by atoms with E-state index in [1.54, 1.807) is 0 Å². The van der Waals surface area contributed by atoms with Gasteiger partial charge in [-0.05, 0) is 49.9 Å². The van der Waals surface area contributed by atoms with E-state index in [0.717, 1.165) is 56.2 Å². The first-order valence-corrected chi connectivity index (χ1v) is 10.8. The van der Waals surface area contributed by atoms with Crippen LogP contribution in [-0.4, -0.2) is 55.0 Å². The minimum absolute atomic E-state index is 0.336. The van der Waals surface area contributed by atoms with Crippen molar-refractivity contribution in [3.63, 3.8) is 0 Å². The molecule has 3 aliphatic heterocycles. The number of hydrogen-bond acceptors (Lipinski definition) is 6. The van der Waals surface area contributed by atoms with Crippen molar-refractivity contribution < 1.29 is 14.2 Å². The number of pyridine rings is 1. The molecular formula is C23H29N3O3. The lowest BCUT2D eigenvalue weighted by molar-refractivity contribution is -0.0143. The van der Waals surface area contributed by atoms with Crippen molar-refractivity contribution in [1.29, 1.82) is 0 Å². The molecule has 0 aliphatic carbocycles. The predicted molar refractivity (Wildman–Crippen MR) is 111 cm³/mol. The Morgan fingerprint density at radius 3 is 2.55 bits per heavy atom. The molecule has 2 aromatic rings. The van der Waals surface area contributed by atoms with Crippen LogP contribution in [0.5, 0.6) is 11.5 Å². The fourth-order valence-corrected chi connectivity index (χ4v) is 4.67. The first-order valence-electron chi connectivity index (χ1n) is 10.8. The molecule has 3 aliphatic rings. The van der Waals surface area contributed by atoms with E-state index in [0.29, 0.717) is 25.5 Å². The molecule has 2 saturated heterocycles. The molecule has 0 spiro atoms. The highest BCUT2D eigenvalue weighted by Gasteiger charge is 2.29. The molecular weight excluding hydrogens is 366 g/mol. The van der Waals surface area contributed by atoms with Crippen LogP contribution in [0.2, 0.25) is 0 Å². The zero-order valence-corrected chi connectivity index (χ0v) is 16.8. The number of anilines is 1. The lowest BCUT2D eigenvalue weighted by Gasteiger charge is -2.42. The van der Waals surface area contributed by atoms with Gasteiger partial charge in [0.1, 0.15) is 0 Å². The summed E-state index contributed by atoms with van der Waals surface area (Å²) in [6, 6.07) is 13.0. The standard InChI is InChI=1S/C23H29N3O3/c1-2-10-24-18(3-1)16-27-21-8-13-25(14-9-21)19-6-11-26(12-7-19)20-4-5-22-23(15-20)29-17-28-22/h1-5,10,15,19,21H,6-9,11-14,16-17H2. The van der Waals surface area contributed by atoms with Gasteiger partial charge < -0.3 is 24.0 Å². The number of likely N-dealkylation sites (tertiary alicyclic amines) is 1. The van der Waals surface area contributed by atoms with Gasteiger partial charge >= 0.3 is 0 Å². The van der Waals surface area contributed by atoms with Crippen LogP contribution < -0.4 is 14.4 Å².